The maximum atomic E-state index is 8.06. The van der Waals surface area contributed by atoms with Gasteiger partial charge in [-0.05, 0) is 19.3 Å². The van der Waals surface area contributed by atoms with E-state index in [0.717, 1.165) is 25.1 Å². The minimum atomic E-state index is 0.723. The number of alkyl halides is 1. The van der Waals surface area contributed by atoms with Gasteiger partial charge in [-0.3, -0.25) is 0 Å². The molecule has 0 N–H and O–H groups in total. The number of nitrogens with zero attached hydrogens (tertiary/aromatic N) is 1. The van der Waals surface area contributed by atoms with Gasteiger partial charge < -0.3 is 0 Å². The Morgan fingerprint density at radius 2 is 2.22 bits per heavy atom. The molecule has 0 aliphatic rings. The van der Waals surface area contributed by atoms with Crippen molar-refractivity contribution in [3.05, 3.63) is 12.2 Å². The normalized spacial score (nSPS) is 9.78. The third-order valence-electron chi connectivity index (χ3n) is 0.947. The number of allylic oxidation sites excluding steroid dienone is 2. The molecule has 1 nitrogen and oxygen atoms in total. The summed E-state index contributed by atoms with van der Waals surface area (Å²) in [5.41, 5.74) is 0. The summed E-state index contributed by atoms with van der Waals surface area (Å²) in [4.78, 5) is 0. The topological polar surface area (TPSA) is 23.8 Å². The van der Waals surface area contributed by atoms with Crippen molar-refractivity contribution in [2.24, 2.45) is 0 Å². The SMILES string of the molecule is N#C/C=C\CCCCCl. The van der Waals surface area contributed by atoms with Crippen LogP contribution in [-0.4, -0.2) is 5.88 Å². The molecule has 0 rings (SSSR count). The van der Waals surface area contributed by atoms with E-state index >= 15 is 0 Å². The van der Waals surface area contributed by atoms with Crippen LogP contribution in [-0.2, 0) is 0 Å². The zero-order chi connectivity index (χ0) is 6.95. The third-order valence-corrected chi connectivity index (χ3v) is 1.21. The molecule has 0 bridgehead atoms. The first-order valence-corrected chi connectivity index (χ1v) is 3.56. The first-order chi connectivity index (χ1) is 4.41. The van der Waals surface area contributed by atoms with E-state index in [4.69, 9.17) is 16.9 Å². The van der Waals surface area contributed by atoms with Crippen LogP contribution in [0.2, 0.25) is 0 Å². The average molecular weight is 144 g/mol. The number of rotatable bonds is 4. The molecule has 50 valence electrons. The second-order valence-electron chi connectivity index (χ2n) is 1.72. The zero-order valence-corrected chi connectivity index (χ0v) is 6.06. The number of hydrogen-bond donors (Lipinski definition) is 0. The predicted molar refractivity (Wildman–Crippen MR) is 39.3 cm³/mol. The van der Waals surface area contributed by atoms with E-state index in [-0.39, 0.29) is 0 Å². The first kappa shape index (κ1) is 8.52. The molecule has 0 atom stereocenters. The lowest BCUT2D eigenvalue weighted by Gasteiger charge is -1.87. The number of halogens is 1. The molecule has 0 aliphatic carbocycles. The molecule has 9 heavy (non-hydrogen) atoms. The summed E-state index contributed by atoms with van der Waals surface area (Å²) in [6.45, 7) is 0. The highest BCUT2D eigenvalue weighted by Gasteiger charge is 1.80. The van der Waals surface area contributed by atoms with Crippen LogP contribution in [0.5, 0.6) is 0 Å². The summed E-state index contributed by atoms with van der Waals surface area (Å²) in [6, 6.07) is 1.93. The van der Waals surface area contributed by atoms with E-state index in [1.807, 2.05) is 12.1 Å². The summed E-state index contributed by atoms with van der Waals surface area (Å²) in [5, 5.41) is 8.06. The minimum absolute atomic E-state index is 0.723. The van der Waals surface area contributed by atoms with E-state index in [9.17, 15) is 0 Å². The molecule has 0 radical (unpaired) electrons. The third kappa shape index (κ3) is 7.52. The standard InChI is InChI=1S/C7H10ClN/c8-6-4-2-1-3-5-7-9/h3,5H,1-2,4,6H2/b5-3-. The number of unbranched alkanes of at least 4 members (excludes halogenated alkanes) is 2. The van der Waals surface area contributed by atoms with Crippen LogP contribution in [0, 0.1) is 11.3 Å². The van der Waals surface area contributed by atoms with Crippen LogP contribution in [0.1, 0.15) is 19.3 Å². The first-order valence-electron chi connectivity index (χ1n) is 3.02. The van der Waals surface area contributed by atoms with E-state index in [1.165, 1.54) is 6.08 Å². The van der Waals surface area contributed by atoms with Crippen molar-refractivity contribution in [1.82, 2.24) is 0 Å². The molecule has 0 saturated carbocycles. The van der Waals surface area contributed by atoms with Gasteiger partial charge in [-0.15, -0.1) is 11.6 Å². The summed E-state index contributed by atoms with van der Waals surface area (Å²) in [7, 11) is 0. The average Bonchev–Trinajstić information content (AvgIpc) is 1.89. The Kier molecular flexibility index (Phi) is 7.12. The molecule has 0 unspecified atom stereocenters. The van der Waals surface area contributed by atoms with Crippen molar-refractivity contribution in [1.29, 1.82) is 5.26 Å². The van der Waals surface area contributed by atoms with Crippen molar-refractivity contribution in [2.45, 2.75) is 19.3 Å². The van der Waals surface area contributed by atoms with Crippen LogP contribution in [0.25, 0.3) is 0 Å². The quantitative estimate of drug-likeness (QED) is 0.337. The van der Waals surface area contributed by atoms with E-state index in [1.54, 1.807) is 0 Å². The van der Waals surface area contributed by atoms with Crippen molar-refractivity contribution < 1.29 is 0 Å². The summed E-state index contributed by atoms with van der Waals surface area (Å²) >= 11 is 5.43. The van der Waals surface area contributed by atoms with Crippen LogP contribution in [0.3, 0.4) is 0 Å². The van der Waals surface area contributed by atoms with Crippen molar-refractivity contribution in [3.63, 3.8) is 0 Å². The van der Waals surface area contributed by atoms with Crippen molar-refractivity contribution in [3.8, 4) is 6.07 Å². The molecule has 0 aromatic rings. The van der Waals surface area contributed by atoms with Crippen LogP contribution >= 0.6 is 11.6 Å². The summed E-state index contributed by atoms with van der Waals surface area (Å²) < 4.78 is 0. The van der Waals surface area contributed by atoms with E-state index < -0.39 is 0 Å². The molecule has 0 aromatic heterocycles. The smallest absolute Gasteiger partial charge is 0.0908 e. The molecule has 0 heterocycles. The van der Waals surface area contributed by atoms with Crippen molar-refractivity contribution >= 4 is 11.6 Å². The Hall–Kier alpha value is -0.480. The van der Waals surface area contributed by atoms with Gasteiger partial charge in [-0.2, -0.15) is 5.26 Å². The van der Waals surface area contributed by atoms with Gasteiger partial charge in [0.05, 0.1) is 6.07 Å². The number of hydrogen-bond acceptors (Lipinski definition) is 1. The molecule has 0 aromatic carbocycles. The van der Waals surface area contributed by atoms with Gasteiger partial charge in [0, 0.05) is 12.0 Å². The highest BCUT2D eigenvalue weighted by molar-refractivity contribution is 6.17. The Morgan fingerprint density at radius 3 is 2.78 bits per heavy atom. The fraction of sp³-hybridized carbons (Fsp3) is 0.571. The molecular weight excluding hydrogens is 134 g/mol. The van der Waals surface area contributed by atoms with Gasteiger partial charge in [-0.1, -0.05) is 6.08 Å². The Balaban J connectivity index is 2.93. The molecule has 0 saturated heterocycles. The minimum Gasteiger partial charge on any atom is -0.193 e. The van der Waals surface area contributed by atoms with Crippen LogP contribution < -0.4 is 0 Å². The molecule has 0 aliphatic heterocycles. The Morgan fingerprint density at radius 1 is 1.44 bits per heavy atom. The van der Waals surface area contributed by atoms with Gasteiger partial charge >= 0.3 is 0 Å². The Labute approximate surface area is 60.9 Å². The monoisotopic (exact) mass is 143 g/mol. The molecular formula is C7H10ClN. The summed E-state index contributed by atoms with van der Waals surface area (Å²) in [6.07, 6.45) is 6.47. The lowest BCUT2D eigenvalue weighted by molar-refractivity contribution is 0.820. The lowest BCUT2D eigenvalue weighted by atomic mass is 10.2. The van der Waals surface area contributed by atoms with Gasteiger partial charge in [0.15, 0.2) is 0 Å². The molecule has 0 fully saturated rings. The van der Waals surface area contributed by atoms with Gasteiger partial charge in [0.1, 0.15) is 0 Å². The van der Waals surface area contributed by atoms with Gasteiger partial charge in [-0.25, -0.2) is 0 Å². The second-order valence-corrected chi connectivity index (χ2v) is 2.09. The highest BCUT2D eigenvalue weighted by atomic mass is 35.5. The Bertz CT molecular complexity index is 113. The largest absolute Gasteiger partial charge is 0.193 e. The maximum Gasteiger partial charge on any atom is 0.0908 e. The van der Waals surface area contributed by atoms with E-state index in [0.29, 0.717) is 0 Å². The van der Waals surface area contributed by atoms with Crippen LogP contribution in [0.15, 0.2) is 12.2 Å². The molecule has 0 amide bonds. The van der Waals surface area contributed by atoms with E-state index in [2.05, 4.69) is 0 Å². The van der Waals surface area contributed by atoms with Gasteiger partial charge in [0.2, 0.25) is 0 Å². The molecule has 0 spiro atoms. The maximum absolute atomic E-state index is 8.06. The van der Waals surface area contributed by atoms with Crippen molar-refractivity contribution in [2.75, 3.05) is 5.88 Å². The fourth-order valence-corrected chi connectivity index (χ4v) is 0.682. The predicted octanol–water partition coefficient (Wildman–Crippen LogP) is 2.48. The molecule has 2 heteroatoms. The number of nitriles is 1. The fourth-order valence-electron chi connectivity index (χ4n) is 0.493. The zero-order valence-electron chi connectivity index (χ0n) is 5.31. The van der Waals surface area contributed by atoms with Crippen LogP contribution in [0.4, 0.5) is 0 Å². The summed E-state index contributed by atoms with van der Waals surface area (Å²) in [5.74, 6) is 0.723. The second kappa shape index (κ2) is 7.52. The highest BCUT2D eigenvalue weighted by Crippen LogP contribution is 1.97. The lowest BCUT2D eigenvalue weighted by Crippen LogP contribution is -1.73. The van der Waals surface area contributed by atoms with Gasteiger partial charge in [0.25, 0.3) is 0 Å².